The molecule has 2 aliphatic rings. The fourth-order valence-electron chi connectivity index (χ4n) is 4.44. The summed E-state index contributed by atoms with van der Waals surface area (Å²) in [5, 5.41) is 0. The molecule has 4 rings (SSSR count). The van der Waals surface area contributed by atoms with E-state index in [4.69, 9.17) is 4.98 Å². The minimum Gasteiger partial charge on any atom is -0.330 e. The van der Waals surface area contributed by atoms with Gasteiger partial charge in [-0.2, -0.15) is 0 Å². The fourth-order valence-corrected chi connectivity index (χ4v) is 4.44. The monoisotopic (exact) mass is 325 g/mol. The van der Waals surface area contributed by atoms with Gasteiger partial charge in [-0.3, -0.25) is 4.79 Å². The summed E-state index contributed by atoms with van der Waals surface area (Å²) in [6.07, 6.45) is 7.00. The topological polar surface area (TPSA) is 38.1 Å². The van der Waals surface area contributed by atoms with Crippen LogP contribution in [-0.4, -0.2) is 26.4 Å². The maximum Gasteiger partial charge on any atom is 0.246 e. The van der Waals surface area contributed by atoms with Crippen LogP contribution in [-0.2, 0) is 11.3 Å². The molecule has 0 N–H and O–H groups in total. The standard InChI is InChI=1S/C20H27N3O/c1-14(2)12-18-20(24)22(15-8-4-3-5-9-15)13-19-21-16-10-6-7-11-17(16)23(18)19/h6-7,10-11,14-15,18H,3-5,8-9,12-13H2,1-2H3. The lowest BCUT2D eigenvalue weighted by molar-refractivity contribution is -0.141. The second-order valence-electron chi connectivity index (χ2n) is 7.79. The van der Waals surface area contributed by atoms with Crippen LogP contribution in [0.25, 0.3) is 11.0 Å². The molecule has 0 radical (unpaired) electrons. The second-order valence-corrected chi connectivity index (χ2v) is 7.79. The number of amides is 1. The Labute approximate surface area is 143 Å². The lowest BCUT2D eigenvalue weighted by Gasteiger charge is -2.40. The summed E-state index contributed by atoms with van der Waals surface area (Å²) in [4.78, 5) is 20.3. The van der Waals surface area contributed by atoms with Crippen LogP contribution < -0.4 is 0 Å². The molecule has 1 atom stereocenters. The first-order chi connectivity index (χ1) is 11.6. The number of benzene rings is 1. The zero-order chi connectivity index (χ0) is 16.7. The van der Waals surface area contributed by atoms with Gasteiger partial charge in [0.05, 0.1) is 17.6 Å². The molecule has 24 heavy (non-hydrogen) atoms. The van der Waals surface area contributed by atoms with E-state index < -0.39 is 0 Å². The maximum atomic E-state index is 13.3. The molecule has 1 saturated carbocycles. The van der Waals surface area contributed by atoms with Crippen molar-refractivity contribution in [1.29, 1.82) is 0 Å². The number of aromatic nitrogens is 2. The zero-order valence-electron chi connectivity index (χ0n) is 14.7. The average molecular weight is 325 g/mol. The summed E-state index contributed by atoms with van der Waals surface area (Å²) in [6, 6.07) is 8.55. The highest BCUT2D eigenvalue weighted by Gasteiger charge is 2.38. The van der Waals surface area contributed by atoms with Crippen LogP contribution in [0, 0.1) is 5.92 Å². The van der Waals surface area contributed by atoms with Gasteiger partial charge in [-0.25, -0.2) is 4.98 Å². The molecule has 1 amide bonds. The number of carbonyl (C=O) groups excluding carboxylic acids is 1. The summed E-state index contributed by atoms with van der Waals surface area (Å²) in [5.74, 6) is 1.86. The van der Waals surface area contributed by atoms with E-state index in [1.54, 1.807) is 0 Å². The number of hydrogen-bond donors (Lipinski definition) is 0. The van der Waals surface area contributed by atoms with Gasteiger partial charge in [0.2, 0.25) is 5.91 Å². The Balaban J connectivity index is 1.77. The van der Waals surface area contributed by atoms with Gasteiger partial charge in [-0.15, -0.1) is 0 Å². The lowest BCUT2D eigenvalue weighted by atomic mass is 9.92. The van der Waals surface area contributed by atoms with Gasteiger partial charge in [0, 0.05) is 6.04 Å². The first kappa shape index (κ1) is 15.7. The lowest BCUT2D eigenvalue weighted by Crippen LogP contribution is -2.48. The molecule has 2 heterocycles. The number of rotatable bonds is 3. The average Bonchev–Trinajstić information content (AvgIpc) is 2.96. The summed E-state index contributed by atoms with van der Waals surface area (Å²) in [7, 11) is 0. The molecular formula is C20H27N3O. The molecular weight excluding hydrogens is 298 g/mol. The van der Waals surface area contributed by atoms with Crippen molar-refractivity contribution in [1.82, 2.24) is 14.5 Å². The molecule has 1 aromatic carbocycles. The van der Waals surface area contributed by atoms with Gasteiger partial charge < -0.3 is 9.47 Å². The molecule has 4 nitrogen and oxygen atoms in total. The fraction of sp³-hybridized carbons (Fsp3) is 0.600. The van der Waals surface area contributed by atoms with Crippen LogP contribution in [0.15, 0.2) is 24.3 Å². The summed E-state index contributed by atoms with van der Waals surface area (Å²) < 4.78 is 2.22. The largest absolute Gasteiger partial charge is 0.330 e. The minimum atomic E-state index is -0.0944. The Morgan fingerprint density at radius 1 is 1.17 bits per heavy atom. The smallest absolute Gasteiger partial charge is 0.246 e. The SMILES string of the molecule is CC(C)CC1C(=O)N(C2CCCCC2)Cc2nc3ccccc3n21. The molecule has 1 aliphatic carbocycles. The second kappa shape index (κ2) is 6.23. The maximum absolute atomic E-state index is 13.3. The Kier molecular flexibility index (Phi) is 4.07. The van der Waals surface area contributed by atoms with Crippen molar-refractivity contribution in [3.63, 3.8) is 0 Å². The van der Waals surface area contributed by atoms with Crippen LogP contribution in [0.4, 0.5) is 0 Å². The molecule has 1 unspecified atom stereocenters. The van der Waals surface area contributed by atoms with Crippen molar-refractivity contribution in [2.45, 2.75) is 71.0 Å². The predicted molar refractivity (Wildman–Crippen MR) is 95.6 cm³/mol. The Bertz CT molecular complexity index is 742. The number of imidazole rings is 1. The Hall–Kier alpha value is -1.84. The normalized spacial score (nSPS) is 22.4. The summed E-state index contributed by atoms with van der Waals surface area (Å²) >= 11 is 0. The molecule has 1 fully saturated rings. The zero-order valence-corrected chi connectivity index (χ0v) is 14.7. The predicted octanol–water partition coefficient (Wildman–Crippen LogP) is 4.30. The molecule has 2 aromatic rings. The van der Waals surface area contributed by atoms with Crippen molar-refractivity contribution in [3.8, 4) is 0 Å². The van der Waals surface area contributed by atoms with Crippen LogP contribution >= 0.6 is 0 Å². The van der Waals surface area contributed by atoms with Gasteiger partial charge in [0.1, 0.15) is 11.9 Å². The molecule has 0 spiro atoms. The van der Waals surface area contributed by atoms with E-state index in [0.717, 1.165) is 36.1 Å². The Morgan fingerprint density at radius 3 is 2.67 bits per heavy atom. The highest BCUT2D eigenvalue weighted by Crippen LogP contribution is 2.35. The van der Waals surface area contributed by atoms with E-state index in [1.165, 1.54) is 19.3 Å². The highest BCUT2D eigenvalue weighted by molar-refractivity contribution is 5.86. The molecule has 0 saturated heterocycles. The summed E-state index contributed by atoms with van der Waals surface area (Å²) in [6.45, 7) is 5.07. The van der Waals surface area contributed by atoms with E-state index >= 15 is 0 Å². The number of hydrogen-bond acceptors (Lipinski definition) is 2. The van der Waals surface area contributed by atoms with Gasteiger partial charge in [-0.05, 0) is 37.3 Å². The van der Waals surface area contributed by atoms with Gasteiger partial charge in [-0.1, -0.05) is 45.2 Å². The first-order valence-electron chi connectivity index (χ1n) is 9.41. The van der Waals surface area contributed by atoms with Crippen molar-refractivity contribution in [3.05, 3.63) is 30.1 Å². The van der Waals surface area contributed by atoms with Gasteiger partial charge in [0.15, 0.2) is 0 Å². The third kappa shape index (κ3) is 2.62. The molecule has 1 aromatic heterocycles. The van der Waals surface area contributed by atoms with Crippen molar-refractivity contribution in [2.24, 2.45) is 5.92 Å². The van der Waals surface area contributed by atoms with E-state index in [1.807, 2.05) is 12.1 Å². The number of carbonyl (C=O) groups is 1. The highest BCUT2D eigenvalue weighted by atomic mass is 16.2. The van der Waals surface area contributed by atoms with Gasteiger partial charge >= 0.3 is 0 Å². The van der Waals surface area contributed by atoms with Crippen molar-refractivity contribution < 1.29 is 4.79 Å². The molecule has 4 heteroatoms. The quantitative estimate of drug-likeness (QED) is 0.844. The third-order valence-electron chi connectivity index (χ3n) is 5.57. The molecule has 1 aliphatic heterocycles. The Morgan fingerprint density at radius 2 is 1.92 bits per heavy atom. The van der Waals surface area contributed by atoms with Crippen LogP contribution in [0.5, 0.6) is 0 Å². The van der Waals surface area contributed by atoms with Gasteiger partial charge in [0.25, 0.3) is 0 Å². The number of para-hydroxylation sites is 2. The van der Waals surface area contributed by atoms with E-state index in [-0.39, 0.29) is 6.04 Å². The van der Waals surface area contributed by atoms with E-state index in [0.29, 0.717) is 24.4 Å². The molecule has 128 valence electrons. The first-order valence-corrected chi connectivity index (χ1v) is 9.41. The van der Waals surface area contributed by atoms with Crippen LogP contribution in [0.1, 0.15) is 64.2 Å². The van der Waals surface area contributed by atoms with Crippen molar-refractivity contribution in [2.75, 3.05) is 0 Å². The molecule has 0 bridgehead atoms. The third-order valence-corrected chi connectivity index (χ3v) is 5.57. The van der Waals surface area contributed by atoms with Crippen LogP contribution in [0.3, 0.4) is 0 Å². The van der Waals surface area contributed by atoms with Crippen molar-refractivity contribution >= 4 is 16.9 Å². The van der Waals surface area contributed by atoms with E-state index in [9.17, 15) is 4.79 Å². The number of fused-ring (bicyclic) bond motifs is 3. The summed E-state index contributed by atoms with van der Waals surface area (Å²) in [5.41, 5.74) is 2.12. The minimum absolute atomic E-state index is 0.0944. The number of nitrogens with zero attached hydrogens (tertiary/aromatic N) is 3. The van der Waals surface area contributed by atoms with E-state index in [2.05, 4.69) is 35.4 Å². The van der Waals surface area contributed by atoms with Crippen LogP contribution in [0.2, 0.25) is 0 Å².